The molecule has 0 radical (unpaired) electrons. The fraction of sp³-hybridized carbons (Fsp3) is 0.529. The number of benzene rings is 1. The number of hydrogen-bond donors (Lipinski definition) is 1. The Morgan fingerprint density at radius 2 is 1.90 bits per heavy atom. The van der Waals surface area contributed by atoms with Gasteiger partial charge in [-0.1, -0.05) is 43.2 Å². The first kappa shape index (κ1) is 14.3. The molecule has 0 bridgehead atoms. The average Bonchev–Trinajstić information content (AvgIpc) is 3.03. The number of carbonyl (C=O) groups is 1. The van der Waals surface area contributed by atoms with Crippen LogP contribution in [-0.4, -0.2) is 40.9 Å². The van der Waals surface area contributed by atoms with E-state index in [9.17, 15) is 9.90 Å². The maximum absolute atomic E-state index is 11.8. The van der Waals surface area contributed by atoms with Crippen molar-refractivity contribution in [3.05, 3.63) is 35.9 Å². The first-order valence-electron chi connectivity index (χ1n) is 7.81. The van der Waals surface area contributed by atoms with Crippen LogP contribution in [0.25, 0.3) is 0 Å². The van der Waals surface area contributed by atoms with Crippen LogP contribution in [0.2, 0.25) is 0 Å². The lowest BCUT2D eigenvalue weighted by Gasteiger charge is -2.33. The van der Waals surface area contributed by atoms with Crippen molar-refractivity contribution in [2.45, 2.75) is 38.3 Å². The zero-order chi connectivity index (χ0) is 14.7. The second-order valence-corrected chi connectivity index (χ2v) is 5.97. The quantitative estimate of drug-likeness (QED) is 0.921. The first-order chi connectivity index (χ1) is 10.2. The predicted octanol–water partition coefficient (Wildman–Crippen LogP) is 2.02. The molecule has 2 aliphatic rings. The molecule has 0 saturated heterocycles. The van der Waals surface area contributed by atoms with E-state index in [1.807, 2.05) is 18.2 Å². The fourth-order valence-electron chi connectivity index (χ4n) is 3.28. The van der Waals surface area contributed by atoms with Gasteiger partial charge in [0, 0.05) is 12.5 Å². The molecule has 1 unspecified atom stereocenters. The van der Waals surface area contributed by atoms with E-state index in [1.165, 1.54) is 18.4 Å². The third kappa shape index (κ3) is 3.32. The summed E-state index contributed by atoms with van der Waals surface area (Å²) in [7, 11) is 0. The van der Waals surface area contributed by atoms with Crippen molar-refractivity contribution in [2.24, 2.45) is 10.9 Å². The van der Waals surface area contributed by atoms with Gasteiger partial charge in [0.2, 0.25) is 12.0 Å². The first-order valence-corrected chi connectivity index (χ1v) is 7.81. The molecule has 112 valence electrons. The van der Waals surface area contributed by atoms with Gasteiger partial charge in [0.05, 0.1) is 6.54 Å². The van der Waals surface area contributed by atoms with Gasteiger partial charge in [-0.2, -0.15) is 0 Å². The molecule has 1 atom stereocenters. The minimum Gasteiger partial charge on any atom is -0.366 e. The largest absolute Gasteiger partial charge is 0.366 e. The van der Waals surface area contributed by atoms with E-state index in [1.54, 1.807) is 0 Å². The van der Waals surface area contributed by atoms with Crippen molar-refractivity contribution in [1.82, 2.24) is 4.90 Å². The van der Waals surface area contributed by atoms with E-state index in [2.05, 4.69) is 22.0 Å². The van der Waals surface area contributed by atoms with Crippen LogP contribution >= 0.6 is 0 Å². The smallest absolute Gasteiger partial charge is 0.208 e. The maximum Gasteiger partial charge on any atom is 0.208 e. The van der Waals surface area contributed by atoms with Crippen molar-refractivity contribution >= 4 is 11.6 Å². The molecule has 0 aromatic heterocycles. The molecule has 1 aliphatic heterocycles. The molecule has 21 heavy (non-hydrogen) atoms. The average molecular weight is 286 g/mol. The summed E-state index contributed by atoms with van der Waals surface area (Å²) in [5.41, 5.74) is 1.27. The Morgan fingerprint density at radius 3 is 2.62 bits per heavy atom. The van der Waals surface area contributed by atoms with Crippen LogP contribution in [0.3, 0.4) is 0 Å². The standard InChI is InChI=1S/C17H22N2O2/c20-15-12-19(11-10-13-6-2-1-3-7-13)16(18-17(15)21)14-8-4-5-9-14/h1-3,6-7,14,17,21H,4-5,8-12H2. The number of Topliss-reactive ketones (excluding diaryl/α,β-unsaturated/α-hetero) is 1. The molecule has 3 rings (SSSR count). The molecule has 0 spiro atoms. The van der Waals surface area contributed by atoms with E-state index < -0.39 is 6.23 Å². The molecule has 1 aliphatic carbocycles. The van der Waals surface area contributed by atoms with Gasteiger partial charge in [0.15, 0.2) is 0 Å². The van der Waals surface area contributed by atoms with Gasteiger partial charge in [-0.3, -0.25) is 4.79 Å². The zero-order valence-electron chi connectivity index (χ0n) is 12.2. The molecule has 0 amide bonds. The number of aliphatic hydroxyl groups is 1. The second-order valence-electron chi connectivity index (χ2n) is 5.97. The van der Waals surface area contributed by atoms with Crippen molar-refractivity contribution in [3.63, 3.8) is 0 Å². The van der Waals surface area contributed by atoms with Crippen LogP contribution in [0.15, 0.2) is 35.3 Å². The summed E-state index contributed by atoms with van der Waals surface area (Å²) in [4.78, 5) is 18.1. The van der Waals surface area contributed by atoms with E-state index in [0.717, 1.165) is 31.6 Å². The SMILES string of the molecule is O=C1CN(CCc2ccccc2)C(C2CCCC2)=NC1O. The van der Waals surface area contributed by atoms with E-state index in [4.69, 9.17) is 0 Å². The highest BCUT2D eigenvalue weighted by Gasteiger charge is 2.32. The van der Waals surface area contributed by atoms with Gasteiger partial charge in [-0.15, -0.1) is 0 Å². The van der Waals surface area contributed by atoms with Crippen LogP contribution in [0.5, 0.6) is 0 Å². The van der Waals surface area contributed by atoms with Gasteiger partial charge >= 0.3 is 0 Å². The lowest BCUT2D eigenvalue weighted by Crippen LogP contribution is -2.48. The number of rotatable bonds is 4. The molecule has 1 saturated carbocycles. The summed E-state index contributed by atoms with van der Waals surface area (Å²) >= 11 is 0. The van der Waals surface area contributed by atoms with Gasteiger partial charge in [-0.25, -0.2) is 4.99 Å². The number of aliphatic imine (C=N–C) groups is 1. The van der Waals surface area contributed by atoms with Crippen LogP contribution in [-0.2, 0) is 11.2 Å². The Kier molecular flexibility index (Phi) is 4.34. The van der Waals surface area contributed by atoms with Crippen molar-refractivity contribution in [2.75, 3.05) is 13.1 Å². The molecule has 1 heterocycles. The van der Waals surface area contributed by atoms with E-state index >= 15 is 0 Å². The molecule has 1 aromatic rings. The van der Waals surface area contributed by atoms with Gasteiger partial charge in [0.25, 0.3) is 0 Å². The molecule has 1 N–H and O–H groups in total. The summed E-state index contributed by atoms with van der Waals surface area (Å²) in [6, 6.07) is 10.3. The normalized spacial score (nSPS) is 23.5. The van der Waals surface area contributed by atoms with Gasteiger partial charge in [-0.05, 0) is 24.8 Å². The van der Waals surface area contributed by atoms with Crippen molar-refractivity contribution in [3.8, 4) is 0 Å². The molecule has 4 heteroatoms. The summed E-state index contributed by atoms with van der Waals surface area (Å²) < 4.78 is 0. The Bertz CT molecular complexity index is 521. The Balaban J connectivity index is 1.71. The number of carbonyl (C=O) groups excluding carboxylic acids is 1. The van der Waals surface area contributed by atoms with Crippen LogP contribution in [0.1, 0.15) is 31.2 Å². The lowest BCUT2D eigenvalue weighted by molar-refractivity contribution is -0.128. The van der Waals surface area contributed by atoms with Crippen molar-refractivity contribution in [1.29, 1.82) is 0 Å². The number of nitrogens with zero attached hydrogens (tertiary/aromatic N) is 2. The summed E-state index contributed by atoms with van der Waals surface area (Å²) in [5, 5.41) is 9.75. The number of ketones is 1. The summed E-state index contributed by atoms with van der Waals surface area (Å²) in [5.74, 6) is 1.18. The monoisotopic (exact) mass is 286 g/mol. The molecular weight excluding hydrogens is 264 g/mol. The Labute approximate surface area is 125 Å². The third-order valence-corrected chi connectivity index (χ3v) is 4.45. The summed E-state index contributed by atoms with van der Waals surface area (Å²) in [6.45, 7) is 1.08. The zero-order valence-corrected chi connectivity index (χ0v) is 12.2. The maximum atomic E-state index is 11.8. The minimum absolute atomic E-state index is 0.190. The highest BCUT2D eigenvalue weighted by atomic mass is 16.3. The van der Waals surface area contributed by atoms with E-state index in [0.29, 0.717) is 12.5 Å². The topological polar surface area (TPSA) is 52.9 Å². The minimum atomic E-state index is -1.14. The van der Waals surface area contributed by atoms with Gasteiger partial charge in [0.1, 0.15) is 5.84 Å². The number of amidine groups is 1. The highest BCUT2D eigenvalue weighted by Crippen LogP contribution is 2.29. The molecule has 4 nitrogen and oxygen atoms in total. The third-order valence-electron chi connectivity index (χ3n) is 4.45. The van der Waals surface area contributed by atoms with Crippen LogP contribution < -0.4 is 0 Å². The fourth-order valence-corrected chi connectivity index (χ4v) is 3.28. The van der Waals surface area contributed by atoms with Crippen molar-refractivity contribution < 1.29 is 9.90 Å². The highest BCUT2D eigenvalue weighted by molar-refractivity contribution is 5.97. The molecular formula is C17H22N2O2. The predicted molar refractivity (Wildman–Crippen MR) is 82.1 cm³/mol. The number of hydrogen-bond acceptors (Lipinski definition) is 4. The van der Waals surface area contributed by atoms with Crippen LogP contribution in [0, 0.1) is 5.92 Å². The van der Waals surface area contributed by atoms with E-state index in [-0.39, 0.29) is 5.78 Å². The summed E-state index contributed by atoms with van der Waals surface area (Å²) in [6.07, 6.45) is 4.45. The Hall–Kier alpha value is -1.68. The lowest BCUT2D eigenvalue weighted by atomic mass is 10.0. The molecule has 1 aromatic carbocycles. The van der Waals surface area contributed by atoms with Gasteiger partial charge < -0.3 is 10.0 Å². The number of aliphatic hydroxyl groups excluding tert-OH is 1. The molecule has 1 fully saturated rings. The van der Waals surface area contributed by atoms with Crippen LogP contribution in [0.4, 0.5) is 0 Å². The second kappa shape index (κ2) is 6.39. The Morgan fingerprint density at radius 1 is 1.19 bits per heavy atom.